The van der Waals surface area contributed by atoms with Crippen molar-refractivity contribution in [3.05, 3.63) is 17.0 Å². The molecule has 1 aromatic rings. The Morgan fingerprint density at radius 1 is 1.31 bits per heavy atom. The lowest BCUT2D eigenvalue weighted by atomic mass is 10.3. The molecule has 0 fully saturated rings. The highest BCUT2D eigenvalue weighted by molar-refractivity contribution is 8.00. The molecule has 1 rings (SSSR count). The Morgan fingerprint density at radius 3 is 2.46 bits per heavy atom. The molecule has 0 spiro atoms. The molecule has 4 heteroatoms. The lowest BCUT2D eigenvalue weighted by molar-refractivity contribution is 0.796. The Labute approximate surface area is 88.1 Å². The van der Waals surface area contributed by atoms with Gasteiger partial charge in [-0.2, -0.15) is 0 Å². The third-order valence-electron chi connectivity index (χ3n) is 1.38. The van der Waals surface area contributed by atoms with E-state index in [-0.39, 0.29) is 4.75 Å². The Kier molecular flexibility index (Phi) is 3.19. The summed E-state index contributed by atoms with van der Waals surface area (Å²) in [6, 6.07) is 0. The van der Waals surface area contributed by atoms with Crippen LogP contribution in [0.5, 0.6) is 0 Å². The zero-order chi connectivity index (χ0) is 10.1. The molecule has 1 heterocycles. The SMILES string of the molecule is Cc1c(Cl)ncnc1SC(C)(C)C. The van der Waals surface area contributed by atoms with E-state index in [0.717, 1.165) is 10.6 Å². The molecule has 0 atom stereocenters. The summed E-state index contributed by atoms with van der Waals surface area (Å²) in [5, 5.41) is 1.51. The number of halogens is 1. The fourth-order valence-corrected chi connectivity index (χ4v) is 1.93. The van der Waals surface area contributed by atoms with Crippen LogP contribution in [0.1, 0.15) is 26.3 Å². The summed E-state index contributed by atoms with van der Waals surface area (Å²) < 4.78 is 0.155. The van der Waals surface area contributed by atoms with Crippen molar-refractivity contribution in [1.82, 2.24) is 9.97 Å². The zero-order valence-electron chi connectivity index (χ0n) is 8.26. The molecule has 0 bridgehead atoms. The fourth-order valence-electron chi connectivity index (χ4n) is 0.807. The molecule has 0 amide bonds. The van der Waals surface area contributed by atoms with Crippen LogP contribution in [0, 0.1) is 6.92 Å². The van der Waals surface area contributed by atoms with Gasteiger partial charge in [0, 0.05) is 10.3 Å². The second-order valence-corrected chi connectivity index (χ2v) is 5.98. The van der Waals surface area contributed by atoms with Crippen LogP contribution in [0.15, 0.2) is 11.4 Å². The minimum Gasteiger partial charge on any atom is -0.230 e. The van der Waals surface area contributed by atoms with Gasteiger partial charge in [0.15, 0.2) is 0 Å². The van der Waals surface area contributed by atoms with E-state index in [2.05, 4.69) is 30.7 Å². The second-order valence-electron chi connectivity index (χ2n) is 3.81. The van der Waals surface area contributed by atoms with Crippen molar-refractivity contribution in [2.24, 2.45) is 0 Å². The third-order valence-corrected chi connectivity index (χ3v) is 2.98. The van der Waals surface area contributed by atoms with Gasteiger partial charge in [0.05, 0.1) is 0 Å². The summed E-state index contributed by atoms with van der Waals surface area (Å²) in [7, 11) is 0. The molecular formula is C9H13ClN2S. The number of nitrogens with zero attached hydrogens (tertiary/aromatic N) is 2. The molecule has 1 aromatic heterocycles. The van der Waals surface area contributed by atoms with Gasteiger partial charge in [-0.25, -0.2) is 9.97 Å². The van der Waals surface area contributed by atoms with E-state index in [4.69, 9.17) is 11.6 Å². The number of aromatic nitrogens is 2. The lowest BCUT2D eigenvalue weighted by Crippen LogP contribution is -2.08. The summed E-state index contributed by atoms with van der Waals surface area (Å²) >= 11 is 7.58. The quantitative estimate of drug-likeness (QED) is 0.532. The summed E-state index contributed by atoms with van der Waals surface area (Å²) in [6.45, 7) is 8.38. The monoisotopic (exact) mass is 216 g/mol. The van der Waals surface area contributed by atoms with Gasteiger partial charge in [-0.15, -0.1) is 11.8 Å². The van der Waals surface area contributed by atoms with E-state index >= 15 is 0 Å². The van der Waals surface area contributed by atoms with Crippen LogP contribution in [0.3, 0.4) is 0 Å². The Bertz CT molecular complexity index is 307. The molecule has 0 aromatic carbocycles. The highest BCUT2D eigenvalue weighted by Gasteiger charge is 2.15. The molecule has 0 radical (unpaired) electrons. The van der Waals surface area contributed by atoms with Crippen molar-refractivity contribution < 1.29 is 0 Å². The topological polar surface area (TPSA) is 25.8 Å². The van der Waals surface area contributed by atoms with Gasteiger partial charge in [-0.05, 0) is 6.92 Å². The third kappa shape index (κ3) is 3.16. The van der Waals surface area contributed by atoms with Gasteiger partial charge in [-0.1, -0.05) is 32.4 Å². The largest absolute Gasteiger partial charge is 0.230 e. The standard InChI is InChI=1S/C9H13ClN2S/c1-6-7(10)11-5-12-8(6)13-9(2,3)4/h5H,1-4H3. The van der Waals surface area contributed by atoms with E-state index in [0.29, 0.717) is 5.15 Å². The molecule has 0 aliphatic rings. The first-order valence-corrected chi connectivity index (χ1v) is 5.26. The second kappa shape index (κ2) is 3.84. The maximum absolute atomic E-state index is 5.88. The molecule has 0 N–H and O–H groups in total. The van der Waals surface area contributed by atoms with Crippen LogP contribution in [0.4, 0.5) is 0 Å². The van der Waals surface area contributed by atoms with Gasteiger partial charge in [-0.3, -0.25) is 0 Å². The van der Waals surface area contributed by atoms with Crippen molar-refractivity contribution in [2.75, 3.05) is 0 Å². The van der Waals surface area contributed by atoms with Crippen LogP contribution < -0.4 is 0 Å². The normalized spacial score (nSPS) is 11.8. The van der Waals surface area contributed by atoms with Gasteiger partial charge < -0.3 is 0 Å². The zero-order valence-corrected chi connectivity index (χ0v) is 9.83. The van der Waals surface area contributed by atoms with Crippen molar-refractivity contribution in [3.8, 4) is 0 Å². The first kappa shape index (κ1) is 10.8. The summed E-state index contributed by atoms with van der Waals surface area (Å²) in [4.78, 5) is 8.10. The highest BCUT2D eigenvalue weighted by Crippen LogP contribution is 2.33. The van der Waals surface area contributed by atoms with E-state index in [1.807, 2.05) is 6.92 Å². The molecule has 13 heavy (non-hydrogen) atoms. The van der Waals surface area contributed by atoms with Gasteiger partial charge in [0.1, 0.15) is 16.5 Å². The van der Waals surface area contributed by atoms with E-state index in [9.17, 15) is 0 Å². The maximum atomic E-state index is 5.88. The molecular weight excluding hydrogens is 204 g/mol. The smallest absolute Gasteiger partial charge is 0.136 e. The molecule has 0 aliphatic heterocycles. The van der Waals surface area contributed by atoms with Gasteiger partial charge in [0.25, 0.3) is 0 Å². The van der Waals surface area contributed by atoms with Crippen LogP contribution in [0.2, 0.25) is 5.15 Å². The molecule has 0 saturated heterocycles. The van der Waals surface area contributed by atoms with Crippen LogP contribution in [-0.2, 0) is 0 Å². The summed E-state index contributed by atoms with van der Waals surface area (Å²) in [6.07, 6.45) is 1.50. The minimum absolute atomic E-state index is 0.155. The number of rotatable bonds is 1. The van der Waals surface area contributed by atoms with Crippen molar-refractivity contribution >= 4 is 23.4 Å². The Morgan fingerprint density at radius 2 is 1.92 bits per heavy atom. The first-order valence-electron chi connectivity index (χ1n) is 4.06. The van der Waals surface area contributed by atoms with E-state index < -0.39 is 0 Å². The predicted octanol–water partition coefficient (Wildman–Crippen LogP) is 3.33. The number of hydrogen-bond acceptors (Lipinski definition) is 3. The molecule has 72 valence electrons. The molecule has 0 unspecified atom stereocenters. The van der Waals surface area contributed by atoms with Crippen molar-refractivity contribution in [3.63, 3.8) is 0 Å². The summed E-state index contributed by atoms with van der Waals surface area (Å²) in [5.74, 6) is 0. The summed E-state index contributed by atoms with van der Waals surface area (Å²) in [5.41, 5.74) is 0.962. The molecule has 2 nitrogen and oxygen atoms in total. The number of thioether (sulfide) groups is 1. The average Bonchev–Trinajstić information content (AvgIpc) is 1.96. The van der Waals surface area contributed by atoms with Crippen molar-refractivity contribution in [2.45, 2.75) is 37.5 Å². The number of hydrogen-bond donors (Lipinski definition) is 0. The van der Waals surface area contributed by atoms with E-state index in [1.54, 1.807) is 11.8 Å². The fraction of sp³-hybridized carbons (Fsp3) is 0.556. The van der Waals surface area contributed by atoms with E-state index in [1.165, 1.54) is 6.33 Å². The minimum atomic E-state index is 0.155. The Hall–Kier alpha value is -0.280. The van der Waals surface area contributed by atoms with Gasteiger partial charge in [0.2, 0.25) is 0 Å². The average molecular weight is 217 g/mol. The van der Waals surface area contributed by atoms with Crippen LogP contribution in [-0.4, -0.2) is 14.7 Å². The Balaban J connectivity index is 2.96. The van der Waals surface area contributed by atoms with Gasteiger partial charge >= 0.3 is 0 Å². The lowest BCUT2D eigenvalue weighted by Gasteiger charge is -2.17. The first-order chi connectivity index (χ1) is 5.90. The molecule has 0 aliphatic carbocycles. The highest BCUT2D eigenvalue weighted by atomic mass is 35.5. The van der Waals surface area contributed by atoms with Crippen molar-refractivity contribution in [1.29, 1.82) is 0 Å². The molecule has 0 saturated carbocycles. The van der Waals surface area contributed by atoms with Crippen LogP contribution in [0.25, 0.3) is 0 Å². The van der Waals surface area contributed by atoms with Crippen LogP contribution >= 0.6 is 23.4 Å². The maximum Gasteiger partial charge on any atom is 0.136 e. The predicted molar refractivity (Wildman–Crippen MR) is 57.4 cm³/mol.